The SMILES string of the molecule is CCOC(=O)N1CCN(Cc2cn[nH]c2-c2ccc(-c3ccccc3)cc2)CC1. The maximum atomic E-state index is 11.9. The van der Waals surface area contributed by atoms with E-state index >= 15 is 0 Å². The molecule has 6 heteroatoms. The van der Waals surface area contributed by atoms with Gasteiger partial charge in [-0.05, 0) is 23.6 Å². The monoisotopic (exact) mass is 390 g/mol. The first-order valence-electron chi connectivity index (χ1n) is 10.1. The molecule has 2 heterocycles. The highest BCUT2D eigenvalue weighted by molar-refractivity contribution is 5.70. The minimum atomic E-state index is -0.213. The number of aromatic nitrogens is 2. The zero-order valence-electron chi connectivity index (χ0n) is 16.7. The van der Waals surface area contributed by atoms with Crippen molar-refractivity contribution in [2.24, 2.45) is 0 Å². The number of benzene rings is 2. The summed E-state index contributed by atoms with van der Waals surface area (Å²) in [5.74, 6) is 0. The number of amides is 1. The van der Waals surface area contributed by atoms with E-state index in [1.807, 2.05) is 19.2 Å². The topological polar surface area (TPSA) is 61.5 Å². The van der Waals surface area contributed by atoms with Crippen LogP contribution >= 0.6 is 0 Å². The molecule has 1 aliphatic rings. The highest BCUT2D eigenvalue weighted by atomic mass is 16.6. The average Bonchev–Trinajstić information content (AvgIpc) is 3.23. The summed E-state index contributed by atoms with van der Waals surface area (Å²) >= 11 is 0. The van der Waals surface area contributed by atoms with Crippen molar-refractivity contribution in [3.63, 3.8) is 0 Å². The Balaban J connectivity index is 1.41. The lowest BCUT2D eigenvalue weighted by Gasteiger charge is -2.33. The molecule has 0 spiro atoms. The van der Waals surface area contributed by atoms with E-state index in [9.17, 15) is 4.79 Å². The van der Waals surface area contributed by atoms with E-state index in [1.165, 1.54) is 16.7 Å². The molecular formula is C23H26N4O2. The van der Waals surface area contributed by atoms with Gasteiger partial charge in [0.15, 0.2) is 0 Å². The molecule has 0 unspecified atom stereocenters. The van der Waals surface area contributed by atoms with Crippen molar-refractivity contribution in [2.75, 3.05) is 32.8 Å². The predicted octanol–water partition coefficient (Wildman–Crippen LogP) is 4.02. The fourth-order valence-electron chi connectivity index (χ4n) is 3.69. The number of hydrogen-bond acceptors (Lipinski definition) is 4. The number of piperazine rings is 1. The lowest BCUT2D eigenvalue weighted by Crippen LogP contribution is -2.48. The van der Waals surface area contributed by atoms with Gasteiger partial charge in [-0.15, -0.1) is 0 Å². The molecule has 6 nitrogen and oxygen atoms in total. The number of nitrogens with zero attached hydrogens (tertiary/aromatic N) is 3. The van der Waals surface area contributed by atoms with Gasteiger partial charge in [-0.25, -0.2) is 4.79 Å². The minimum Gasteiger partial charge on any atom is -0.450 e. The van der Waals surface area contributed by atoms with Crippen LogP contribution in [-0.2, 0) is 11.3 Å². The van der Waals surface area contributed by atoms with Crippen LogP contribution < -0.4 is 0 Å². The first kappa shape index (κ1) is 19.2. The van der Waals surface area contributed by atoms with Crippen LogP contribution in [0.1, 0.15) is 12.5 Å². The van der Waals surface area contributed by atoms with Gasteiger partial charge in [-0.1, -0.05) is 54.6 Å². The number of H-pyrrole nitrogens is 1. The zero-order chi connectivity index (χ0) is 20.1. The second-order valence-electron chi connectivity index (χ2n) is 7.18. The van der Waals surface area contributed by atoms with E-state index in [0.717, 1.165) is 30.9 Å². The van der Waals surface area contributed by atoms with Crippen LogP contribution in [0.15, 0.2) is 60.8 Å². The van der Waals surface area contributed by atoms with Crippen LogP contribution in [0.2, 0.25) is 0 Å². The Hall–Kier alpha value is -3.12. The van der Waals surface area contributed by atoms with E-state index in [4.69, 9.17) is 4.74 Å². The molecular weight excluding hydrogens is 364 g/mol. The normalized spacial score (nSPS) is 14.7. The van der Waals surface area contributed by atoms with Crippen molar-refractivity contribution in [2.45, 2.75) is 13.5 Å². The molecule has 1 N–H and O–H groups in total. The Morgan fingerprint density at radius 3 is 2.31 bits per heavy atom. The molecule has 1 fully saturated rings. The summed E-state index contributed by atoms with van der Waals surface area (Å²) in [5.41, 5.74) is 5.76. The maximum absolute atomic E-state index is 11.9. The Bertz CT molecular complexity index is 929. The summed E-state index contributed by atoms with van der Waals surface area (Å²) in [7, 11) is 0. The Morgan fingerprint density at radius 2 is 1.62 bits per heavy atom. The fraction of sp³-hybridized carbons (Fsp3) is 0.304. The van der Waals surface area contributed by atoms with Gasteiger partial charge >= 0.3 is 6.09 Å². The van der Waals surface area contributed by atoms with Gasteiger partial charge < -0.3 is 9.64 Å². The first-order valence-corrected chi connectivity index (χ1v) is 10.1. The number of hydrogen-bond donors (Lipinski definition) is 1. The van der Waals surface area contributed by atoms with Gasteiger partial charge in [-0.2, -0.15) is 5.10 Å². The van der Waals surface area contributed by atoms with Crippen molar-refractivity contribution >= 4 is 6.09 Å². The molecule has 0 atom stereocenters. The van der Waals surface area contributed by atoms with Crippen LogP contribution in [0.5, 0.6) is 0 Å². The third-order valence-corrected chi connectivity index (χ3v) is 5.29. The second kappa shape index (κ2) is 8.92. The van der Waals surface area contributed by atoms with Gasteiger partial charge in [0.05, 0.1) is 18.5 Å². The van der Waals surface area contributed by atoms with Gasteiger partial charge in [0.1, 0.15) is 0 Å². The molecule has 1 saturated heterocycles. The Labute approximate surface area is 171 Å². The minimum absolute atomic E-state index is 0.213. The van der Waals surface area contributed by atoms with E-state index < -0.39 is 0 Å². The van der Waals surface area contributed by atoms with Crippen molar-refractivity contribution < 1.29 is 9.53 Å². The summed E-state index contributed by atoms with van der Waals surface area (Å²) in [4.78, 5) is 16.0. The number of aromatic amines is 1. The third kappa shape index (κ3) is 4.49. The predicted molar refractivity (Wildman–Crippen MR) is 113 cm³/mol. The summed E-state index contributed by atoms with van der Waals surface area (Å²) in [5, 5.41) is 7.43. The van der Waals surface area contributed by atoms with Gasteiger partial charge in [-0.3, -0.25) is 10.00 Å². The Morgan fingerprint density at radius 1 is 0.966 bits per heavy atom. The zero-order valence-corrected chi connectivity index (χ0v) is 16.7. The molecule has 0 radical (unpaired) electrons. The molecule has 0 aliphatic carbocycles. The van der Waals surface area contributed by atoms with Crippen LogP contribution in [0, 0.1) is 0 Å². The van der Waals surface area contributed by atoms with Gasteiger partial charge in [0.25, 0.3) is 0 Å². The lowest BCUT2D eigenvalue weighted by atomic mass is 10.0. The molecule has 4 rings (SSSR count). The van der Waals surface area contributed by atoms with Crippen LogP contribution in [-0.4, -0.2) is 58.9 Å². The highest BCUT2D eigenvalue weighted by Crippen LogP contribution is 2.26. The number of carbonyl (C=O) groups excluding carboxylic acids is 1. The maximum Gasteiger partial charge on any atom is 0.409 e. The molecule has 29 heavy (non-hydrogen) atoms. The largest absolute Gasteiger partial charge is 0.450 e. The smallest absolute Gasteiger partial charge is 0.409 e. The van der Waals surface area contributed by atoms with E-state index in [2.05, 4.69) is 63.6 Å². The van der Waals surface area contributed by atoms with Crippen LogP contribution in [0.3, 0.4) is 0 Å². The van der Waals surface area contributed by atoms with Crippen molar-refractivity contribution in [3.05, 3.63) is 66.4 Å². The van der Waals surface area contributed by atoms with Gasteiger partial charge in [0, 0.05) is 38.3 Å². The highest BCUT2D eigenvalue weighted by Gasteiger charge is 2.22. The number of ether oxygens (including phenoxy) is 1. The van der Waals surface area contributed by atoms with Crippen molar-refractivity contribution in [1.29, 1.82) is 0 Å². The standard InChI is InChI=1S/C23H26N4O2/c1-2-29-23(28)27-14-12-26(13-15-27)17-21-16-24-25-22(21)20-10-8-19(9-11-20)18-6-4-3-5-7-18/h3-11,16H,2,12-15,17H2,1H3,(H,24,25). The summed E-state index contributed by atoms with van der Waals surface area (Å²) < 4.78 is 5.09. The molecule has 0 saturated carbocycles. The molecule has 150 valence electrons. The quantitative estimate of drug-likeness (QED) is 0.715. The molecule has 1 amide bonds. The van der Waals surface area contributed by atoms with Crippen LogP contribution in [0.4, 0.5) is 4.79 Å². The van der Waals surface area contributed by atoms with Crippen molar-refractivity contribution in [1.82, 2.24) is 20.0 Å². The van der Waals surface area contributed by atoms with E-state index in [-0.39, 0.29) is 6.09 Å². The first-order chi connectivity index (χ1) is 14.2. The molecule has 0 bridgehead atoms. The number of rotatable bonds is 5. The molecule has 3 aromatic rings. The second-order valence-corrected chi connectivity index (χ2v) is 7.18. The lowest BCUT2D eigenvalue weighted by molar-refractivity contribution is 0.0779. The van der Waals surface area contributed by atoms with Crippen molar-refractivity contribution in [3.8, 4) is 22.4 Å². The van der Waals surface area contributed by atoms with E-state index in [1.54, 1.807) is 4.90 Å². The number of nitrogens with one attached hydrogen (secondary N) is 1. The fourth-order valence-corrected chi connectivity index (χ4v) is 3.69. The Kier molecular flexibility index (Phi) is 5.91. The summed E-state index contributed by atoms with van der Waals surface area (Å²) in [6.45, 7) is 6.10. The summed E-state index contributed by atoms with van der Waals surface area (Å²) in [6, 6.07) is 18.9. The average molecular weight is 390 g/mol. The van der Waals surface area contributed by atoms with Gasteiger partial charge in [0.2, 0.25) is 0 Å². The molecule has 2 aromatic carbocycles. The number of carbonyl (C=O) groups is 1. The molecule has 1 aromatic heterocycles. The summed E-state index contributed by atoms with van der Waals surface area (Å²) in [6.07, 6.45) is 1.69. The van der Waals surface area contributed by atoms with E-state index in [0.29, 0.717) is 19.7 Å². The van der Waals surface area contributed by atoms with Crippen LogP contribution in [0.25, 0.3) is 22.4 Å². The third-order valence-electron chi connectivity index (χ3n) is 5.29. The molecule has 1 aliphatic heterocycles.